The molecule has 0 aliphatic carbocycles. The number of carbonyl (C=O) groups excluding carboxylic acids is 1. The number of hydrogen-bond acceptors (Lipinski definition) is 4. The van der Waals surface area contributed by atoms with Gasteiger partial charge in [0.1, 0.15) is 10.6 Å². The highest BCUT2D eigenvalue weighted by Crippen LogP contribution is 2.44. The molecule has 3 aromatic heterocycles. The molecule has 0 bridgehead atoms. The second-order valence-electron chi connectivity index (χ2n) is 4.50. The van der Waals surface area contributed by atoms with Gasteiger partial charge < -0.3 is 5.32 Å². The summed E-state index contributed by atoms with van der Waals surface area (Å²) in [5.74, 6) is 0.604. The maximum Gasteiger partial charge on any atom is 0.332 e. The molecule has 0 saturated carbocycles. The fraction of sp³-hybridized carbons (Fsp3) is 0.0714. The highest BCUT2D eigenvalue weighted by Gasteiger charge is 2.30. The summed E-state index contributed by atoms with van der Waals surface area (Å²) in [5.41, 5.74) is 1.70. The molecule has 0 atom stereocenters. The predicted octanol–water partition coefficient (Wildman–Crippen LogP) is 3.68. The molecule has 1 N–H and O–H groups in total. The first-order valence-electron chi connectivity index (χ1n) is 6.16. The number of carbonyl (C=O) groups is 1. The van der Waals surface area contributed by atoms with E-state index in [9.17, 15) is 4.79 Å². The number of rotatable bonds is 1. The molecule has 4 heterocycles. The van der Waals surface area contributed by atoms with Gasteiger partial charge in [-0.3, -0.25) is 0 Å². The molecular formula is C14H10N4OS. The summed E-state index contributed by atoms with van der Waals surface area (Å²) >= 11 is 1.58. The minimum Gasteiger partial charge on any atom is -0.305 e. The maximum absolute atomic E-state index is 12.4. The molecule has 0 unspecified atom stereocenters. The number of hydrogen-bond donors (Lipinski definition) is 1. The van der Waals surface area contributed by atoms with Gasteiger partial charge in [0.15, 0.2) is 0 Å². The van der Waals surface area contributed by atoms with Crippen LogP contribution in [0.3, 0.4) is 0 Å². The Labute approximate surface area is 118 Å². The molecule has 0 spiro atoms. The normalized spacial score (nSPS) is 13.7. The third-order valence-corrected chi connectivity index (χ3v) is 4.31. The first-order chi connectivity index (χ1) is 9.75. The Morgan fingerprint density at radius 2 is 2.10 bits per heavy atom. The van der Waals surface area contributed by atoms with Crippen molar-refractivity contribution in [2.24, 2.45) is 0 Å². The van der Waals surface area contributed by atoms with E-state index in [1.165, 1.54) is 0 Å². The zero-order valence-electron chi connectivity index (χ0n) is 10.6. The maximum atomic E-state index is 12.4. The number of aryl methyl sites for hydroxylation is 1. The quantitative estimate of drug-likeness (QED) is 0.740. The number of nitrogens with one attached hydrogen (secondary N) is 1. The Kier molecular flexibility index (Phi) is 2.28. The zero-order valence-corrected chi connectivity index (χ0v) is 11.4. The number of thiophene rings is 1. The molecule has 0 saturated heterocycles. The van der Waals surface area contributed by atoms with E-state index in [0.717, 1.165) is 26.5 Å². The van der Waals surface area contributed by atoms with Crippen molar-refractivity contribution < 1.29 is 4.79 Å². The van der Waals surface area contributed by atoms with E-state index in [4.69, 9.17) is 0 Å². The number of pyridine rings is 2. The van der Waals surface area contributed by atoms with Gasteiger partial charge in [-0.05, 0) is 25.1 Å². The van der Waals surface area contributed by atoms with Crippen LogP contribution in [-0.4, -0.2) is 16.0 Å². The lowest BCUT2D eigenvalue weighted by Crippen LogP contribution is -2.34. The second-order valence-corrected chi connectivity index (χ2v) is 5.70. The number of amides is 2. The molecule has 98 valence electrons. The number of nitrogens with zero attached hydrogens (tertiary/aromatic N) is 3. The van der Waals surface area contributed by atoms with Crippen LogP contribution in [0.25, 0.3) is 10.2 Å². The standard InChI is InChI=1S/C14H10N4OS/c1-8-12-11-9(5-7-16-13(11)20-8)18(14(19)17-12)10-4-2-3-6-15-10/h2-7H,1H3,(H,17,19). The summed E-state index contributed by atoms with van der Waals surface area (Å²) in [6, 6.07) is 7.17. The summed E-state index contributed by atoms with van der Waals surface area (Å²) < 4.78 is 0. The van der Waals surface area contributed by atoms with E-state index in [1.54, 1.807) is 28.6 Å². The van der Waals surface area contributed by atoms with Gasteiger partial charge in [-0.25, -0.2) is 19.7 Å². The van der Waals surface area contributed by atoms with Crippen LogP contribution in [-0.2, 0) is 0 Å². The molecule has 2 amide bonds. The van der Waals surface area contributed by atoms with Crippen molar-refractivity contribution in [2.45, 2.75) is 6.92 Å². The topological polar surface area (TPSA) is 58.1 Å². The van der Waals surface area contributed by atoms with Gasteiger partial charge >= 0.3 is 6.03 Å². The Morgan fingerprint density at radius 3 is 2.90 bits per heavy atom. The summed E-state index contributed by atoms with van der Waals surface area (Å²) in [5, 5.41) is 3.92. The molecule has 5 nitrogen and oxygen atoms in total. The van der Waals surface area contributed by atoms with Crippen LogP contribution in [0.4, 0.5) is 22.0 Å². The van der Waals surface area contributed by atoms with Crippen LogP contribution in [0.2, 0.25) is 0 Å². The van der Waals surface area contributed by atoms with E-state index in [1.807, 2.05) is 31.2 Å². The molecule has 0 fully saturated rings. The van der Waals surface area contributed by atoms with Gasteiger partial charge in [0, 0.05) is 17.3 Å². The lowest BCUT2D eigenvalue weighted by atomic mass is 10.1. The molecule has 1 aliphatic heterocycles. The van der Waals surface area contributed by atoms with E-state index >= 15 is 0 Å². The third-order valence-electron chi connectivity index (χ3n) is 3.30. The first kappa shape index (κ1) is 11.4. The minimum absolute atomic E-state index is 0.190. The van der Waals surface area contributed by atoms with E-state index in [-0.39, 0.29) is 6.03 Å². The summed E-state index contributed by atoms with van der Waals surface area (Å²) in [7, 11) is 0. The fourth-order valence-electron chi connectivity index (χ4n) is 2.44. The monoisotopic (exact) mass is 282 g/mol. The molecule has 20 heavy (non-hydrogen) atoms. The summed E-state index contributed by atoms with van der Waals surface area (Å²) in [6.07, 6.45) is 3.40. The Morgan fingerprint density at radius 1 is 1.20 bits per heavy atom. The number of anilines is 3. The number of aromatic nitrogens is 2. The smallest absolute Gasteiger partial charge is 0.305 e. The minimum atomic E-state index is -0.190. The average Bonchev–Trinajstić information content (AvgIpc) is 2.78. The zero-order chi connectivity index (χ0) is 13.7. The largest absolute Gasteiger partial charge is 0.332 e. The van der Waals surface area contributed by atoms with Crippen LogP contribution in [0.15, 0.2) is 36.7 Å². The van der Waals surface area contributed by atoms with Crippen molar-refractivity contribution in [1.29, 1.82) is 0 Å². The molecule has 6 heteroatoms. The van der Waals surface area contributed by atoms with Gasteiger partial charge in [0.2, 0.25) is 0 Å². The molecule has 0 radical (unpaired) electrons. The van der Waals surface area contributed by atoms with Crippen molar-refractivity contribution in [3.8, 4) is 0 Å². The summed E-state index contributed by atoms with van der Waals surface area (Å²) in [4.78, 5) is 24.6. The first-order valence-corrected chi connectivity index (χ1v) is 6.97. The van der Waals surface area contributed by atoms with E-state index in [0.29, 0.717) is 5.82 Å². The van der Waals surface area contributed by atoms with Crippen molar-refractivity contribution in [3.63, 3.8) is 0 Å². The predicted molar refractivity (Wildman–Crippen MR) is 79.8 cm³/mol. The van der Waals surface area contributed by atoms with Crippen LogP contribution in [0, 0.1) is 6.92 Å². The van der Waals surface area contributed by atoms with Gasteiger partial charge in [0.25, 0.3) is 0 Å². The Balaban J connectivity index is 2.03. The Bertz CT molecular complexity index is 828. The van der Waals surface area contributed by atoms with Crippen molar-refractivity contribution in [3.05, 3.63) is 41.5 Å². The molecular weight excluding hydrogens is 272 g/mol. The highest BCUT2D eigenvalue weighted by atomic mass is 32.1. The lowest BCUT2D eigenvalue weighted by molar-refractivity contribution is 0.258. The molecule has 3 aromatic rings. The van der Waals surface area contributed by atoms with Crippen molar-refractivity contribution >= 4 is 44.8 Å². The van der Waals surface area contributed by atoms with E-state index in [2.05, 4.69) is 15.3 Å². The van der Waals surface area contributed by atoms with Gasteiger partial charge in [-0.1, -0.05) is 6.07 Å². The van der Waals surface area contributed by atoms with Crippen molar-refractivity contribution in [2.75, 3.05) is 10.2 Å². The number of urea groups is 1. The second kappa shape index (κ2) is 4.01. The van der Waals surface area contributed by atoms with Crippen LogP contribution in [0.5, 0.6) is 0 Å². The molecule has 4 rings (SSSR count). The van der Waals surface area contributed by atoms with E-state index < -0.39 is 0 Å². The fourth-order valence-corrected chi connectivity index (χ4v) is 3.41. The molecule has 1 aliphatic rings. The van der Waals surface area contributed by atoms with Crippen LogP contribution < -0.4 is 10.2 Å². The SMILES string of the molecule is Cc1sc2nccc3c2c1NC(=O)N3c1ccccn1. The third kappa shape index (κ3) is 1.45. The molecule has 0 aromatic carbocycles. The summed E-state index contributed by atoms with van der Waals surface area (Å²) in [6.45, 7) is 1.99. The van der Waals surface area contributed by atoms with Gasteiger partial charge in [-0.15, -0.1) is 11.3 Å². The average molecular weight is 282 g/mol. The van der Waals surface area contributed by atoms with Crippen LogP contribution in [0.1, 0.15) is 4.88 Å². The Hall–Kier alpha value is -2.47. The van der Waals surface area contributed by atoms with Gasteiger partial charge in [0.05, 0.1) is 16.8 Å². The highest BCUT2D eigenvalue weighted by molar-refractivity contribution is 7.19. The van der Waals surface area contributed by atoms with Crippen molar-refractivity contribution in [1.82, 2.24) is 9.97 Å². The van der Waals surface area contributed by atoms with Gasteiger partial charge in [-0.2, -0.15) is 0 Å². The van der Waals surface area contributed by atoms with Crippen LogP contribution >= 0.6 is 11.3 Å². The lowest BCUT2D eigenvalue weighted by Gasteiger charge is -2.27.